The largest absolute Gasteiger partial charge is 0.335 e. The summed E-state index contributed by atoms with van der Waals surface area (Å²) in [4.78, 5) is 62.7. The zero-order valence-electron chi connectivity index (χ0n) is 19.2. The molecule has 1 aliphatic rings. The number of amides is 6. The molecule has 1 fully saturated rings. The maximum atomic E-state index is 12.8. The van der Waals surface area contributed by atoms with Gasteiger partial charge in [0.05, 0.1) is 12.1 Å². The van der Waals surface area contributed by atoms with E-state index in [-0.39, 0.29) is 17.9 Å². The van der Waals surface area contributed by atoms with Gasteiger partial charge < -0.3 is 5.32 Å². The molecule has 3 aromatic rings. The molecule has 0 radical (unpaired) electrons. The molecule has 3 aromatic carbocycles. The van der Waals surface area contributed by atoms with Crippen molar-refractivity contribution in [1.82, 2.24) is 10.7 Å². The summed E-state index contributed by atoms with van der Waals surface area (Å²) in [5.74, 6) is -3.82. The predicted molar refractivity (Wildman–Crippen MR) is 145 cm³/mol. The van der Waals surface area contributed by atoms with Gasteiger partial charge >= 0.3 is 6.03 Å². The van der Waals surface area contributed by atoms with Crippen LogP contribution in [-0.4, -0.2) is 35.9 Å². The molecule has 37 heavy (non-hydrogen) atoms. The number of barbiturate groups is 1. The first-order chi connectivity index (χ1) is 17.8. The highest BCUT2D eigenvalue weighted by Crippen LogP contribution is 2.21. The molecule has 4 rings (SSSR count). The molecule has 0 aromatic heterocycles. The molecule has 6 amide bonds. The van der Waals surface area contributed by atoms with Crippen molar-refractivity contribution >= 4 is 69.8 Å². The SMILES string of the molecule is O=C(Cc1ccccc1)Nc1ccc(C(=O)N/N=C\[C@@H]2C(=O)NC(=O)N(c3ccc(I)cc3)C2=O)cc1. The monoisotopic (exact) mass is 609 g/mol. The van der Waals surface area contributed by atoms with E-state index in [0.717, 1.165) is 20.2 Å². The Kier molecular flexibility index (Phi) is 8.03. The second kappa shape index (κ2) is 11.6. The lowest BCUT2D eigenvalue weighted by molar-refractivity contribution is -0.131. The van der Waals surface area contributed by atoms with Gasteiger partial charge in [-0.25, -0.2) is 15.1 Å². The highest BCUT2D eigenvalue weighted by atomic mass is 127. The molecule has 1 aliphatic heterocycles. The van der Waals surface area contributed by atoms with Crippen LogP contribution >= 0.6 is 22.6 Å². The van der Waals surface area contributed by atoms with Crippen LogP contribution < -0.4 is 21.0 Å². The number of hydrazone groups is 1. The van der Waals surface area contributed by atoms with Crippen molar-refractivity contribution in [3.63, 3.8) is 0 Å². The highest BCUT2D eigenvalue weighted by Gasteiger charge is 2.40. The van der Waals surface area contributed by atoms with Gasteiger partial charge in [-0.3, -0.25) is 24.5 Å². The van der Waals surface area contributed by atoms with Gasteiger partial charge in [0.15, 0.2) is 5.92 Å². The summed E-state index contributed by atoms with van der Waals surface area (Å²) < 4.78 is 0.908. The number of benzene rings is 3. The summed E-state index contributed by atoms with van der Waals surface area (Å²) in [6, 6.07) is 21.2. The maximum Gasteiger partial charge on any atom is 0.335 e. The average molecular weight is 609 g/mol. The minimum Gasteiger partial charge on any atom is -0.326 e. The fourth-order valence-electron chi connectivity index (χ4n) is 3.48. The minimum absolute atomic E-state index is 0.193. The van der Waals surface area contributed by atoms with Gasteiger partial charge in [-0.05, 0) is 76.7 Å². The van der Waals surface area contributed by atoms with E-state index in [1.54, 1.807) is 36.4 Å². The number of anilines is 2. The maximum absolute atomic E-state index is 12.8. The van der Waals surface area contributed by atoms with Crippen molar-refractivity contribution in [3.05, 3.63) is 93.6 Å². The Morgan fingerprint density at radius 3 is 2.30 bits per heavy atom. The number of nitrogens with zero attached hydrogens (tertiary/aromatic N) is 2. The van der Waals surface area contributed by atoms with Crippen molar-refractivity contribution in [2.75, 3.05) is 10.2 Å². The topological polar surface area (TPSA) is 137 Å². The number of nitrogens with one attached hydrogen (secondary N) is 3. The number of hydrogen-bond acceptors (Lipinski definition) is 6. The van der Waals surface area contributed by atoms with E-state index < -0.39 is 29.7 Å². The smallest absolute Gasteiger partial charge is 0.326 e. The fourth-order valence-corrected chi connectivity index (χ4v) is 3.84. The normalized spacial score (nSPS) is 15.4. The molecule has 1 saturated heterocycles. The van der Waals surface area contributed by atoms with Crippen molar-refractivity contribution < 1.29 is 24.0 Å². The van der Waals surface area contributed by atoms with Crippen LogP contribution in [0.4, 0.5) is 16.2 Å². The molecular formula is C26H20IN5O5. The number of hydrogen-bond donors (Lipinski definition) is 3. The fraction of sp³-hybridized carbons (Fsp3) is 0.0769. The highest BCUT2D eigenvalue weighted by molar-refractivity contribution is 14.1. The standard InChI is InChI=1S/C26H20IN5O5/c27-18-8-12-20(13-9-18)32-25(36)21(24(35)30-26(32)37)15-28-31-23(34)17-6-10-19(11-7-17)29-22(33)14-16-4-2-1-3-5-16/h1-13,15,21H,14H2,(H,29,33)(H,31,34)(H,30,35,37)/b28-15-/t21-/m1/s1. The first-order valence-electron chi connectivity index (χ1n) is 11.0. The zero-order chi connectivity index (χ0) is 26.4. The minimum atomic E-state index is -1.40. The second-order valence-electron chi connectivity index (χ2n) is 7.93. The molecule has 186 valence electrons. The molecule has 1 atom stereocenters. The number of carbonyl (C=O) groups is 5. The van der Waals surface area contributed by atoms with E-state index in [1.165, 1.54) is 12.1 Å². The van der Waals surface area contributed by atoms with Gasteiger partial charge in [-0.2, -0.15) is 5.10 Å². The Balaban J connectivity index is 1.35. The van der Waals surface area contributed by atoms with Crippen LogP contribution in [0, 0.1) is 9.49 Å². The molecular weight excluding hydrogens is 589 g/mol. The lowest BCUT2D eigenvalue weighted by Crippen LogP contribution is -2.58. The molecule has 0 aliphatic carbocycles. The van der Waals surface area contributed by atoms with Gasteiger partial charge in [0.1, 0.15) is 0 Å². The number of rotatable bonds is 7. The van der Waals surface area contributed by atoms with Gasteiger partial charge in [0, 0.05) is 21.0 Å². The average Bonchev–Trinajstić information content (AvgIpc) is 2.88. The molecule has 11 heteroatoms. The molecule has 0 unspecified atom stereocenters. The zero-order valence-corrected chi connectivity index (χ0v) is 21.3. The quantitative estimate of drug-likeness (QED) is 0.164. The van der Waals surface area contributed by atoms with E-state index in [4.69, 9.17) is 0 Å². The Hall–Kier alpha value is -4.39. The van der Waals surface area contributed by atoms with Gasteiger partial charge in [-0.1, -0.05) is 30.3 Å². The Morgan fingerprint density at radius 1 is 0.946 bits per heavy atom. The van der Waals surface area contributed by atoms with Crippen molar-refractivity contribution in [3.8, 4) is 0 Å². The van der Waals surface area contributed by atoms with Gasteiger partial charge in [-0.15, -0.1) is 0 Å². The van der Waals surface area contributed by atoms with Crippen LogP contribution in [0.5, 0.6) is 0 Å². The van der Waals surface area contributed by atoms with Gasteiger partial charge in [0.25, 0.3) is 11.8 Å². The summed E-state index contributed by atoms with van der Waals surface area (Å²) in [5.41, 5.74) is 4.20. The van der Waals surface area contributed by atoms with Crippen molar-refractivity contribution in [2.24, 2.45) is 11.0 Å². The van der Waals surface area contributed by atoms with E-state index in [9.17, 15) is 24.0 Å². The third-order valence-electron chi connectivity index (χ3n) is 5.32. The third kappa shape index (κ3) is 6.44. The van der Waals surface area contributed by atoms with E-state index in [0.29, 0.717) is 11.4 Å². The third-order valence-corrected chi connectivity index (χ3v) is 6.03. The first kappa shape index (κ1) is 25.7. The van der Waals surface area contributed by atoms with Crippen molar-refractivity contribution in [1.29, 1.82) is 0 Å². The summed E-state index contributed by atoms with van der Waals surface area (Å²) in [7, 11) is 0. The molecule has 3 N–H and O–H groups in total. The molecule has 1 heterocycles. The van der Waals surface area contributed by atoms with Crippen LogP contribution in [-0.2, 0) is 20.8 Å². The first-order valence-corrected chi connectivity index (χ1v) is 12.1. The molecule has 0 spiro atoms. The molecule has 0 bridgehead atoms. The Bertz CT molecular complexity index is 1370. The van der Waals surface area contributed by atoms with Crippen LogP contribution in [0.1, 0.15) is 15.9 Å². The van der Waals surface area contributed by atoms with Crippen LogP contribution in [0.2, 0.25) is 0 Å². The van der Waals surface area contributed by atoms with E-state index >= 15 is 0 Å². The Labute approximate surface area is 225 Å². The number of halogens is 1. The number of urea groups is 1. The summed E-state index contributed by atoms with van der Waals surface area (Å²) in [6.07, 6.45) is 1.19. The number of carbonyl (C=O) groups excluding carboxylic acids is 5. The number of imide groups is 2. The lowest BCUT2D eigenvalue weighted by Gasteiger charge is -2.28. The predicted octanol–water partition coefficient (Wildman–Crippen LogP) is 3.09. The molecule has 0 saturated carbocycles. The van der Waals surface area contributed by atoms with Gasteiger partial charge in [0.2, 0.25) is 11.8 Å². The van der Waals surface area contributed by atoms with Crippen LogP contribution in [0.15, 0.2) is 84.0 Å². The summed E-state index contributed by atoms with van der Waals surface area (Å²) in [6.45, 7) is 0. The van der Waals surface area contributed by atoms with E-state index in [1.807, 2.05) is 30.3 Å². The second-order valence-corrected chi connectivity index (χ2v) is 9.17. The summed E-state index contributed by atoms with van der Waals surface area (Å²) >= 11 is 2.09. The molecule has 10 nitrogen and oxygen atoms in total. The Morgan fingerprint density at radius 2 is 1.62 bits per heavy atom. The summed E-state index contributed by atoms with van der Waals surface area (Å²) in [5, 5.41) is 8.62. The van der Waals surface area contributed by atoms with E-state index in [2.05, 4.69) is 43.8 Å². The van der Waals surface area contributed by atoms with Crippen LogP contribution in [0.3, 0.4) is 0 Å². The lowest BCUT2D eigenvalue weighted by atomic mass is 10.1. The van der Waals surface area contributed by atoms with Crippen molar-refractivity contribution in [2.45, 2.75) is 6.42 Å². The van der Waals surface area contributed by atoms with Crippen LogP contribution in [0.25, 0.3) is 0 Å².